The summed E-state index contributed by atoms with van der Waals surface area (Å²) in [5.41, 5.74) is -0.264. The Morgan fingerprint density at radius 3 is 2.80 bits per heavy atom. The van der Waals surface area contributed by atoms with Crippen LogP contribution in [0, 0.1) is 6.92 Å². The van der Waals surface area contributed by atoms with E-state index in [0.29, 0.717) is 12.8 Å². The molecule has 1 aliphatic rings. The van der Waals surface area contributed by atoms with Crippen LogP contribution >= 0.6 is 11.3 Å². The second-order valence-corrected chi connectivity index (χ2v) is 5.26. The zero-order chi connectivity index (χ0) is 10.9. The van der Waals surface area contributed by atoms with Crippen LogP contribution in [0.25, 0.3) is 0 Å². The lowest BCUT2D eigenvalue weighted by Gasteiger charge is -2.19. The van der Waals surface area contributed by atoms with Crippen LogP contribution in [0.3, 0.4) is 0 Å². The highest BCUT2D eigenvalue weighted by Gasteiger charge is 2.38. The molecule has 0 aliphatic heterocycles. The number of ketones is 1. The van der Waals surface area contributed by atoms with Gasteiger partial charge in [-0.25, -0.2) is 4.98 Å². The Morgan fingerprint density at radius 2 is 2.27 bits per heavy atom. The smallest absolute Gasteiger partial charge is 0.170 e. The summed E-state index contributed by atoms with van der Waals surface area (Å²) in [4.78, 5) is 16.1. The number of nitrogens with zero attached hydrogens (tertiary/aromatic N) is 1. The molecule has 0 atom stereocenters. The lowest BCUT2D eigenvalue weighted by atomic mass is 9.94. The van der Waals surface area contributed by atoms with Gasteiger partial charge in [-0.05, 0) is 32.6 Å². The molecule has 1 saturated carbocycles. The summed E-state index contributed by atoms with van der Waals surface area (Å²) in [5.74, 6) is -0.0645. The molecule has 0 saturated heterocycles. The first-order valence-corrected chi connectivity index (χ1v) is 6.15. The first-order valence-electron chi connectivity index (χ1n) is 5.27. The Kier molecular flexibility index (Phi) is 2.89. The van der Waals surface area contributed by atoms with Crippen molar-refractivity contribution in [1.82, 2.24) is 4.98 Å². The van der Waals surface area contributed by atoms with Gasteiger partial charge in [-0.15, -0.1) is 11.3 Å². The van der Waals surface area contributed by atoms with Crippen LogP contribution in [0.4, 0.5) is 0 Å². The molecule has 0 bridgehead atoms. The minimum atomic E-state index is -1.06. The predicted molar refractivity (Wildman–Crippen MR) is 59.0 cm³/mol. The van der Waals surface area contributed by atoms with Gasteiger partial charge in [-0.1, -0.05) is 0 Å². The number of Topliss-reactive ketones (excluding diaryl/α,β-unsaturated/α-hetero) is 1. The van der Waals surface area contributed by atoms with Crippen molar-refractivity contribution < 1.29 is 9.90 Å². The van der Waals surface area contributed by atoms with E-state index in [4.69, 9.17) is 0 Å². The van der Waals surface area contributed by atoms with Gasteiger partial charge in [0.2, 0.25) is 0 Å². The summed E-state index contributed by atoms with van der Waals surface area (Å²) in [6.07, 6.45) is 3.43. The molecule has 0 spiro atoms. The molecule has 0 radical (unpaired) electrons. The van der Waals surface area contributed by atoms with E-state index < -0.39 is 5.60 Å². The van der Waals surface area contributed by atoms with Gasteiger partial charge in [0.15, 0.2) is 5.78 Å². The molecule has 0 unspecified atom stereocenters. The average Bonchev–Trinajstić information content (AvgIpc) is 2.76. The molecule has 82 valence electrons. The van der Waals surface area contributed by atoms with Crippen molar-refractivity contribution in [2.24, 2.45) is 0 Å². The van der Waals surface area contributed by atoms with E-state index in [-0.39, 0.29) is 12.2 Å². The van der Waals surface area contributed by atoms with Crippen LogP contribution < -0.4 is 0 Å². The Hall–Kier alpha value is -0.740. The highest BCUT2D eigenvalue weighted by atomic mass is 32.1. The summed E-state index contributed by atoms with van der Waals surface area (Å²) in [7, 11) is 0. The van der Waals surface area contributed by atoms with E-state index in [1.165, 1.54) is 0 Å². The van der Waals surface area contributed by atoms with Gasteiger partial charge < -0.3 is 5.11 Å². The fourth-order valence-electron chi connectivity index (χ4n) is 2.06. The van der Waals surface area contributed by atoms with Gasteiger partial charge in [0.1, 0.15) is 5.60 Å². The fraction of sp³-hybridized carbons (Fsp3) is 0.636. The number of hydrogen-bond donors (Lipinski definition) is 1. The molecular weight excluding hydrogens is 210 g/mol. The fourth-order valence-corrected chi connectivity index (χ4v) is 2.67. The quantitative estimate of drug-likeness (QED) is 0.854. The Morgan fingerprint density at radius 1 is 1.60 bits per heavy atom. The van der Waals surface area contributed by atoms with E-state index in [9.17, 15) is 9.90 Å². The molecule has 15 heavy (non-hydrogen) atoms. The van der Waals surface area contributed by atoms with Gasteiger partial charge in [-0.3, -0.25) is 4.79 Å². The SMILES string of the molecule is Cc1nc(CC(=O)C2(O)CCCC2)cs1. The van der Waals surface area contributed by atoms with Crippen molar-refractivity contribution >= 4 is 17.1 Å². The first-order chi connectivity index (χ1) is 7.10. The normalized spacial score (nSPS) is 19.3. The molecule has 1 heterocycles. The van der Waals surface area contributed by atoms with E-state index in [1.807, 2.05) is 12.3 Å². The average molecular weight is 225 g/mol. The Balaban J connectivity index is 2.03. The molecule has 1 aromatic heterocycles. The Labute approximate surface area is 93.2 Å². The Bertz CT molecular complexity index is 366. The second-order valence-electron chi connectivity index (χ2n) is 4.20. The third kappa shape index (κ3) is 2.26. The predicted octanol–water partition coefficient (Wildman–Crippen LogP) is 1.87. The van der Waals surface area contributed by atoms with Crippen LogP contribution in [0.1, 0.15) is 36.4 Å². The number of hydrogen-bond acceptors (Lipinski definition) is 4. The molecule has 0 aromatic carbocycles. The summed E-state index contributed by atoms with van der Waals surface area (Å²) in [6.45, 7) is 1.92. The van der Waals surface area contributed by atoms with Gasteiger partial charge in [0.05, 0.1) is 17.1 Å². The van der Waals surface area contributed by atoms with Crippen molar-refractivity contribution in [3.8, 4) is 0 Å². The highest BCUT2D eigenvalue weighted by molar-refractivity contribution is 7.09. The largest absolute Gasteiger partial charge is 0.382 e. The zero-order valence-corrected chi connectivity index (χ0v) is 9.64. The molecule has 1 aliphatic carbocycles. The van der Waals surface area contributed by atoms with Crippen molar-refractivity contribution in [3.05, 3.63) is 16.1 Å². The number of carbonyl (C=O) groups excluding carboxylic acids is 1. The number of thiazole rings is 1. The summed E-state index contributed by atoms with van der Waals surface area (Å²) < 4.78 is 0. The summed E-state index contributed by atoms with van der Waals surface area (Å²) >= 11 is 1.54. The number of aliphatic hydroxyl groups is 1. The molecule has 1 fully saturated rings. The van der Waals surface area contributed by atoms with Crippen molar-refractivity contribution in [2.75, 3.05) is 0 Å². The minimum Gasteiger partial charge on any atom is -0.382 e. The van der Waals surface area contributed by atoms with Gasteiger partial charge in [-0.2, -0.15) is 0 Å². The molecular formula is C11H15NO2S. The van der Waals surface area contributed by atoms with Crippen LogP contribution in [-0.2, 0) is 11.2 Å². The minimum absolute atomic E-state index is 0.0645. The van der Waals surface area contributed by atoms with Crippen molar-refractivity contribution in [2.45, 2.75) is 44.6 Å². The third-order valence-electron chi connectivity index (χ3n) is 2.96. The van der Waals surface area contributed by atoms with E-state index in [0.717, 1.165) is 23.5 Å². The molecule has 0 amide bonds. The standard InChI is InChI=1S/C11H15NO2S/c1-8-12-9(7-15-8)6-10(13)11(14)4-2-3-5-11/h7,14H,2-6H2,1H3. The third-order valence-corrected chi connectivity index (χ3v) is 3.78. The molecule has 3 nitrogen and oxygen atoms in total. The second kappa shape index (κ2) is 4.02. The number of carbonyl (C=O) groups is 1. The van der Waals surface area contributed by atoms with Gasteiger partial charge in [0, 0.05) is 5.38 Å². The number of aromatic nitrogens is 1. The van der Waals surface area contributed by atoms with Crippen LogP contribution in [0.2, 0.25) is 0 Å². The monoisotopic (exact) mass is 225 g/mol. The molecule has 2 rings (SSSR count). The van der Waals surface area contributed by atoms with Crippen molar-refractivity contribution in [1.29, 1.82) is 0 Å². The number of aryl methyl sites for hydroxylation is 1. The van der Waals surface area contributed by atoms with E-state index >= 15 is 0 Å². The molecule has 1 aromatic rings. The maximum absolute atomic E-state index is 11.9. The van der Waals surface area contributed by atoms with Gasteiger partial charge >= 0.3 is 0 Å². The first kappa shape index (κ1) is 10.8. The molecule has 1 N–H and O–H groups in total. The topological polar surface area (TPSA) is 50.2 Å². The lowest BCUT2D eigenvalue weighted by molar-refractivity contribution is -0.136. The van der Waals surface area contributed by atoms with Crippen LogP contribution in [-0.4, -0.2) is 21.5 Å². The number of rotatable bonds is 3. The van der Waals surface area contributed by atoms with Crippen LogP contribution in [0.15, 0.2) is 5.38 Å². The maximum atomic E-state index is 11.9. The van der Waals surface area contributed by atoms with Crippen molar-refractivity contribution in [3.63, 3.8) is 0 Å². The van der Waals surface area contributed by atoms with Crippen LogP contribution in [0.5, 0.6) is 0 Å². The summed E-state index contributed by atoms with van der Waals surface area (Å²) in [6, 6.07) is 0. The highest BCUT2D eigenvalue weighted by Crippen LogP contribution is 2.31. The zero-order valence-electron chi connectivity index (χ0n) is 8.82. The molecule has 4 heteroatoms. The summed E-state index contributed by atoms with van der Waals surface area (Å²) in [5, 5.41) is 12.9. The van der Waals surface area contributed by atoms with E-state index in [1.54, 1.807) is 11.3 Å². The van der Waals surface area contributed by atoms with E-state index in [2.05, 4.69) is 4.98 Å². The van der Waals surface area contributed by atoms with Gasteiger partial charge in [0.25, 0.3) is 0 Å². The lowest BCUT2D eigenvalue weighted by Crippen LogP contribution is -2.36. The maximum Gasteiger partial charge on any atom is 0.170 e.